The van der Waals surface area contributed by atoms with Crippen LogP contribution < -0.4 is 0 Å². The van der Waals surface area contributed by atoms with Gasteiger partial charge in [-0.1, -0.05) is 12.8 Å². The largest absolute Gasteiger partial charge is 0.294 e. The molecule has 2 saturated carbocycles. The molecule has 2 saturated heterocycles. The topological polar surface area (TPSA) is 3.24 Å². The van der Waals surface area contributed by atoms with E-state index < -0.39 is 0 Å². The summed E-state index contributed by atoms with van der Waals surface area (Å²) >= 11 is 0. The van der Waals surface area contributed by atoms with Crippen molar-refractivity contribution in [3.05, 3.63) is 0 Å². The van der Waals surface area contributed by atoms with Gasteiger partial charge in [0.1, 0.15) is 0 Å². The molecule has 0 aromatic rings. The van der Waals surface area contributed by atoms with Crippen LogP contribution in [0.1, 0.15) is 44.9 Å². The van der Waals surface area contributed by atoms with Crippen molar-refractivity contribution in [2.75, 3.05) is 0 Å². The Labute approximate surface area is 68.8 Å². The highest BCUT2D eigenvalue weighted by Crippen LogP contribution is 2.44. The average molecular weight is 151 g/mol. The fraction of sp³-hybridized carbons (Fsp3) is 1.00. The van der Waals surface area contributed by atoms with Gasteiger partial charge in [-0.3, -0.25) is 4.90 Å². The Morgan fingerprint density at radius 1 is 0.727 bits per heavy atom. The molecule has 0 N–H and O–H groups in total. The second kappa shape index (κ2) is 2.22. The Hall–Kier alpha value is -0.0400. The molecule has 2 aliphatic heterocycles. The fourth-order valence-corrected chi connectivity index (χ4v) is 3.43. The van der Waals surface area contributed by atoms with Gasteiger partial charge < -0.3 is 0 Å². The Morgan fingerprint density at radius 2 is 1.36 bits per heavy atom. The van der Waals surface area contributed by atoms with Crippen molar-refractivity contribution in [3.63, 3.8) is 0 Å². The molecular weight excluding hydrogens is 134 g/mol. The van der Waals surface area contributed by atoms with Gasteiger partial charge >= 0.3 is 0 Å². The van der Waals surface area contributed by atoms with Crippen LogP contribution in [-0.2, 0) is 0 Å². The third kappa shape index (κ3) is 0.807. The van der Waals surface area contributed by atoms with Crippen LogP contribution in [0.25, 0.3) is 0 Å². The van der Waals surface area contributed by atoms with E-state index in [1.165, 1.54) is 44.9 Å². The second-order valence-corrected chi connectivity index (χ2v) is 4.51. The van der Waals surface area contributed by atoms with Crippen molar-refractivity contribution >= 4 is 0 Å². The second-order valence-electron chi connectivity index (χ2n) is 4.51. The van der Waals surface area contributed by atoms with Gasteiger partial charge in [-0.15, -0.1) is 0 Å². The van der Waals surface area contributed by atoms with Crippen LogP contribution in [-0.4, -0.2) is 23.0 Å². The molecule has 4 aliphatic rings. The molecule has 0 radical (unpaired) electrons. The van der Waals surface area contributed by atoms with E-state index in [0.29, 0.717) is 0 Å². The number of fused-ring (bicyclic) bond motifs is 1. The summed E-state index contributed by atoms with van der Waals surface area (Å²) in [6, 6.07) is 3.08. The molecule has 0 spiro atoms. The lowest BCUT2D eigenvalue weighted by atomic mass is 9.99. The molecular formula is C10H17N. The third-order valence-electron chi connectivity index (χ3n) is 3.97. The molecule has 1 heteroatoms. The molecule has 2 unspecified atom stereocenters. The van der Waals surface area contributed by atoms with Crippen molar-refractivity contribution in [3.8, 4) is 0 Å². The van der Waals surface area contributed by atoms with Crippen LogP contribution >= 0.6 is 0 Å². The molecule has 2 heterocycles. The Bertz CT molecular complexity index is 146. The van der Waals surface area contributed by atoms with E-state index in [9.17, 15) is 0 Å². The summed E-state index contributed by atoms with van der Waals surface area (Å²) in [6.45, 7) is 0. The van der Waals surface area contributed by atoms with Gasteiger partial charge in [-0.05, 0) is 32.1 Å². The Morgan fingerprint density at radius 3 is 1.91 bits per heavy atom. The summed E-state index contributed by atoms with van der Waals surface area (Å²) in [5.41, 5.74) is 0. The predicted octanol–water partition coefficient (Wildman–Crippen LogP) is 2.17. The van der Waals surface area contributed by atoms with E-state index in [1.807, 2.05) is 0 Å². The summed E-state index contributed by atoms with van der Waals surface area (Å²) in [6.07, 6.45) is 10.6. The van der Waals surface area contributed by atoms with Crippen LogP contribution in [0.4, 0.5) is 0 Å². The maximum Gasteiger partial charge on any atom is 0.0117 e. The Balaban J connectivity index is 1.71. The van der Waals surface area contributed by atoms with Crippen molar-refractivity contribution in [2.45, 2.75) is 63.1 Å². The first-order chi connectivity index (χ1) is 5.45. The maximum atomic E-state index is 2.84. The first-order valence-corrected chi connectivity index (χ1v) is 5.22. The summed E-state index contributed by atoms with van der Waals surface area (Å²) in [5, 5.41) is 0. The quantitative estimate of drug-likeness (QED) is 0.555. The molecule has 4 rings (SSSR count). The van der Waals surface area contributed by atoms with Gasteiger partial charge in [0.15, 0.2) is 0 Å². The van der Waals surface area contributed by atoms with E-state index >= 15 is 0 Å². The van der Waals surface area contributed by atoms with Crippen LogP contribution in [0.2, 0.25) is 0 Å². The summed E-state index contributed by atoms with van der Waals surface area (Å²) in [4.78, 5) is 2.84. The molecule has 2 atom stereocenters. The summed E-state index contributed by atoms with van der Waals surface area (Å²) in [7, 11) is 0. The standard InChI is InChI=1S/C10H17N/c1-2-4-8(3-1)11-9-5-6-10(11)7-9/h8-10H,1-7H2. The van der Waals surface area contributed by atoms with Gasteiger partial charge in [-0.2, -0.15) is 0 Å². The molecule has 2 aliphatic carbocycles. The van der Waals surface area contributed by atoms with E-state index in [4.69, 9.17) is 0 Å². The summed E-state index contributed by atoms with van der Waals surface area (Å²) in [5.74, 6) is 0. The lowest BCUT2D eigenvalue weighted by Gasteiger charge is -2.45. The average Bonchev–Trinajstić information content (AvgIpc) is 2.59. The molecule has 0 amide bonds. The van der Waals surface area contributed by atoms with E-state index in [0.717, 1.165) is 18.1 Å². The van der Waals surface area contributed by atoms with E-state index in [2.05, 4.69) is 4.90 Å². The number of hydrogen-bond donors (Lipinski definition) is 0. The third-order valence-corrected chi connectivity index (χ3v) is 3.97. The normalized spacial score (nSPS) is 44.7. The molecule has 2 bridgehead atoms. The molecule has 0 aromatic carbocycles. The van der Waals surface area contributed by atoms with Crippen LogP contribution in [0.15, 0.2) is 0 Å². The van der Waals surface area contributed by atoms with Gasteiger partial charge in [0.25, 0.3) is 0 Å². The highest BCUT2D eigenvalue weighted by Gasteiger charge is 2.47. The molecule has 4 fully saturated rings. The van der Waals surface area contributed by atoms with Gasteiger partial charge in [-0.25, -0.2) is 0 Å². The first kappa shape index (κ1) is 6.47. The van der Waals surface area contributed by atoms with Crippen molar-refractivity contribution in [2.24, 2.45) is 0 Å². The number of rotatable bonds is 1. The zero-order chi connectivity index (χ0) is 7.26. The lowest BCUT2D eigenvalue weighted by Crippen LogP contribution is -2.53. The van der Waals surface area contributed by atoms with Gasteiger partial charge in [0.2, 0.25) is 0 Å². The fourth-order valence-electron chi connectivity index (χ4n) is 3.43. The van der Waals surface area contributed by atoms with Crippen LogP contribution in [0.5, 0.6) is 0 Å². The highest BCUT2D eigenvalue weighted by molar-refractivity contribution is 5.03. The number of nitrogens with zero attached hydrogens (tertiary/aromatic N) is 1. The van der Waals surface area contributed by atoms with E-state index in [1.54, 1.807) is 0 Å². The summed E-state index contributed by atoms with van der Waals surface area (Å²) < 4.78 is 0. The highest BCUT2D eigenvalue weighted by atomic mass is 15.3. The van der Waals surface area contributed by atoms with Crippen molar-refractivity contribution in [1.29, 1.82) is 0 Å². The molecule has 1 nitrogen and oxygen atoms in total. The zero-order valence-corrected chi connectivity index (χ0v) is 7.13. The Kier molecular flexibility index (Phi) is 1.31. The predicted molar refractivity (Wildman–Crippen MR) is 45.5 cm³/mol. The minimum Gasteiger partial charge on any atom is -0.294 e. The molecule has 11 heavy (non-hydrogen) atoms. The van der Waals surface area contributed by atoms with Crippen molar-refractivity contribution in [1.82, 2.24) is 4.90 Å². The van der Waals surface area contributed by atoms with Crippen LogP contribution in [0, 0.1) is 0 Å². The zero-order valence-electron chi connectivity index (χ0n) is 7.13. The molecule has 0 aromatic heterocycles. The van der Waals surface area contributed by atoms with Crippen molar-refractivity contribution < 1.29 is 0 Å². The minimum absolute atomic E-state index is 1.02. The monoisotopic (exact) mass is 151 g/mol. The van der Waals surface area contributed by atoms with Gasteiger partial charge in [0.05, 0.1) is 0 Å². The number of hydrogen-bond acceptors (Lipinski definition) is 1. The maximum absolute atomic E-state index is 2.84. The van der Waals surface area contributed by atoms with Crippen LogP contribution in [0.3, 0.4) is 0 Å². The smallest absolute Gasteiger partial charge is 0.0117 e. The lowest BCUT2D eigenvalue weighted by molar-refractivity contribution is 0.0323. The SMILES string of the molecule is C1CCC(N2C3CCC2C3)C1. The van der Waals surface area contributed by atoms with Gasteiger partial charge in [0, 0.05) is 18.1 Å². The molecule has 62 valence electrons. The van der Waals surface area contributed by atoms with E-state index in [-0.39, 0.29) is 0 Å². The first-order valence-electron chi connectivity index (χ1n) is 5.22. The minimum atomic E-state index is 1.02.